The fourth-order valence-corrected chi connectivity index (χ4v) is 4.57. The first-order chi connectivity index (χ1) is 11.5. The Labute approximate surface area is 147 Å². The van der Waals surface area contributed by atoms with E-state index < -0.39 is 13.0 Å². The molecule has 0 saturated carbocycles. The third-order valence-electron chi connectivity index (χ3n) is 3.39. The van der Waals surface area contributed by atoms with E-state index >= 15 is 0 Å². The summed E-state index contributed by atoms with van der Waals surface area (Å²) in [6, 6.07) is 15.5. The highest BCUT2D eigenvalue weighted by atomic mass is 35.5. The number of Topliss-reactive ketones (excluding diaryl/α,β-unsaturated/α-hetero) is 1. The number of hydrogen-bond acceptors (Lipinski definition) is 4. The lowest BCUT2D eigenvalue weighted by Crippen LogP contribution is -2.20. The van der Waals surface area contributed by atoms with Gasteiger partial charge < -0.3 is 9.05 Å². The first kappa shape index (κ1) is 18.9. The summed E-state index contributed by atoms with van der Waals surface area (Å²) in [5, 5.41) is -0.643. The van der Waals surface area contributed by atoms with E-state index in [2.05, 4.69) is 0 Å². The Hall–Kier alpha value is -1.45. The van der Waals surface area contributed by atoms with E-state index in [-0.39, 0.29) is 19.0 Å². The van der Waals surface area contributed by atoms with Gasteiger partial charge in [0, 0.05) is 5.56 Å². The smallest absolute Gasteiger partial charge is 0.305 e. The van der Waals surface area contributed by atoms with E-state index in [0.717, 1.165) is 0 Å². The van der Waals surface area contributed by atoms with Crippen LogP contribution in [0.2, 0.25) is 0 Å². The average molecular weight is 367 g/mol. The van der Waals surface area contributed by atoms with Crippen LogP contribution < -0.4 is 5.30 Å². The summed E-state index contributed by atoms with van der Waals surface area (Å²) in [4.78, 5) is 12.6. The second-order valence-corrected chi connectivity index (χ2v) is 7.41. The molecule has 1 atom stereocenters. The molecular weight excluding hydrogens is 347 g/mol. The molecule has 24 heavy (non-hydrogen) atoms. The van der Waals surface area contributed by atoms with Crippen molar-refractivity contribution in [1.82, 2.24) is 0 Å². The van der Waals surface area contributed by atoms with E-state index in [4.69, 9.17) is 20.6 Å². The van der Waals surface area contributed by atoms with E-state index in [9.17, 15) is 9.36 Å². The molecule has 0 bridgehead atoms. The van der Waals surface area contributed by atoms with Crippen molar-refractivity contribution in [3.8, 4) is 0 Å². The van der Waals surface area contributed by atoms with Crippen molar-refractivity contribution >= 4 is 30.3 Å². The lowest BCUT2D eigenvalue weighted by Gasteiger charge is -2.21. The molecule has 0 aliphatic carbocycles. The van der Waals surface area contributed by atoms with Gasteiger partial charge in [-0.2, -0.15) is 0 Å². The van der Waals surface area contributed by atoms with Crippen molar-refractivity contribution < 1.29 is 18.4 Å². The molecule has 4 nitrogen and oxygen atoms in total. The minimum absolute atomic E-state index is 0.227. The Balaban J connectivity index is 2.44. The summed E-state index contributed by atoms with van der Waals surface area (Å²) in [6.45, 7) is 3.93. The number of hydrogen-bond donors (Lipinski definition) is 0. The largest absolute Gasteiger partial charge is 0.361 e. The first-order valence-electron chi connectivity index (χ1n) is 7.75. The number of benzene rings is 2. The van der Waals surface area contributed by atoms with Crippen molar-refractivity contribution in [3.05, 3.63) is 65.7 Å². The van der Waals surface area contributed by atoms with Crippen LogP contribution in [0.25, 0.3) is 0 Å². The monoisotopic (exact) mass is 366 g/mol. The number of carbonyl (C=O) groups is 1. The number of ketones is 1. The minimum atomic E-state index is -3.53. The Morgan fingerprint density at radius 1 is 1.00 bits per heavy atom. The molecule has 2 rings (SSSR count). The van der Waals surface area contributed by atoms with E-state index in [1.807, 2.05) is 6.07 Å². The molecule has 1 unspecified atom stereocenters. The number of rotatable bonds is 8. The number of carbonyl (C=O) groups excluding carboxylic acids is 1. The molecule has 0 fully saturated rings. The standard InChI is InChI=1S/C18H20ClO4P/c1-3-22-24(21,23-4-2)16-13-9-8-12-15(16)17(19)18(20)14-10-6-5-7-11-14/h5-13,17H,3-4H2,1-2H3. The molecule has 0 heterocycles. The van der Waals surface area contributed by atoms with E-state index in [1.54, 1.807) is 62.4 Å². The average Bonchev–Trinajstić information content (AvgIpc) is 2.61. The Morgan fingerprint density at radius 2 is 1.54 bits per heavy atom. The molecule has 2 aromatic carbocycles. The molecule has 0 N–H and O–H groups in total. The van der Waals surface area contributed by atoms with Crippen molar-refractivity contribution in [2.45, 2.75) is 19.2 Å². The summed E-state index contributed by atoms with van der Waals surface area (Å²) in [5.41, 5.74) is 0.938. The van der Waals surface area contributed by atoms with Crippen LogP contribution in [-0.2, 0) is 13.6 Å². The van der Waals surface area contributed by atoms with Crippen molar-refractivity contribution in [2.75, 3.05) is 13.2 Å². The normalized spacial score (nSPS) is 12.8. The molecule has 0 aliphatic rings. The highest BCUT2D eigenvalue weighted by molar-refractivity contribution is 7.62. The third-order valence-corrected chi connectivity index (χ3v) is 6.02. The molecular formula is C18H20ClO4P. The molecule has 0 radical (unpaired) electrons. The molecule has 0 saturated heterocycles. The summed E-state index contributed by atoms with van der Waals surface area (Å²) in [6.07, 6.45) is 0. The molecule has 2 aromatic rings. The molecule has 6 heteroatoms. The first-order valence-corrected chi connectivity index (χ1v) is 9.73. The second-order valence-electron chi connectivity index (χ2n) is 4.98. The SMILES string of the molecule is CCOP(=O)(OCC)c1ccccc1C(Cl)C(=O)c1ccccc1. The molecule has 128 valence electrons. The lowest BCUT2D eigenvalue weighted by atomic mass is 10.0. The van der Waals surface area contributed by atoms with Crippen molar-refractivity contribution in [1.29, 1.82) is 0 Å². The van der Waals surface area contributed by atoms with Gasteiger partial charge in [-0.05, 0) is 25.5 Å². The van der Waals surface area contributed by atoms with Crippen molar-refractivity contribution in [3.63, 3.8) is 0 Å². The molecule has 0 amide bonds. The van der Waals surface area contributed by atoms with Crippen molar-refractivity contribution in [2.24, 2.45) is 0 Å². The van der Waals surface area contributed by atoms with Gasteiger partial charge in [-0.1, -0.05) is 48.5 Å². The molecule has 0 aromatic heterocycles. The maximum absolute atomic E-state index is 13.1. The Morgan fingerprint density at radius 3 is 2.12 bits per heavy atom. The van der Waals surface area contributed by atoms with Crippen LogP contribution in [-0.4, -0.2) is 19.0 Å². The highest BCUT2D eigenvalue weighted by Gasteiger charge is 2.33. The minimum Gasteiger partial charge on any atom is -0.305 e. The predicted octanol–water partition coefficient (Wildman–Crippen LogP) is 4.74. The van der Waals surface area contributed by atoms with E-state index in [1.165, 1.54) is 0 Å². The molecule has 0 aliphatic heterocycles. The van der Waals surface area contributed by atoms with Gasteiger partial charge in [-0.3, -0.25) is 9.36 Å². The summed E-state index contributed by atoms with van der Waals surface area (Å²) < 4.78 is 23.9. The number of alkyl halides is 1. The van der Waals surface area contributed by atoms with Crippen LogP contribution in [0.3, 0.4) is 0 Å². The van der Waals surface area contributed by atoms with Gasteiger partial charge in [0.05, 0.1) is 18.5 Å². The highest BCUT2D eigenvalue weighted by Crippen LogP contribution is 2.49. The van der Waals surface area contributed by atoms with Gasteiger partial charge in [-0.25, -0.2) is 0 Å². The molecule has 0 spiro atoms. The van der Waals surface area contributed by atoms with Crippen LogP contribution in [0.4, 0.5) is 0 Å². The van der Waals surface area contributed by atoms with Crippen LogP contribution in [0.15, 0.2) is 54.6 Å². The fraction of sp³-hybridized carbons (Fsp3) is 0.278. The van der Waals surface area contributed by atoms with E-state index in [0.29, 0.717) is 16.4 Å². The zero-order valence-corrected chi connectivity index (χ0v) is 15.3. The van der Waals surface area contributed by atoms with Gasteiger partial charge in [0.1, 0.15) is 5.38 Å². The zero-order valence-electron chi connectivity index (χ0n) is 13.6. The lowest BCUT2D eigenvalue weighted by molar-refractivity contribution is 0.0987. The fourth-order valence-electron chi connectivity index (χ4n) is 2.36. The van der Waals surface area contributed by atoms with Gasteiger partial charge in [-0.15, -0.1) is 11.6 Å². The quantitative estimate of drug-likeness (QED) is 0.384. The Bertz CT molecular complexity index is 723. The summed E-state index contributed by atoms with van der Waals surface area (Å²) in [7, 11) is -3.53. The Kier molecular flexibility index (Phi) is 6.76. The maximum atomic E-state index is 13.1. The topological polar surface area (TPSA) is 52.6 Å². The van der Waals surface area contributed by atoms with Gasteiger partial charge in [0.2, 0.25) is 0 Å². The second kappa shape index (κ2) is 8.59. The third kappa shape index (κ3) is 4.14. The van der Waals surface area contributed by atoms with Crippen LogP contribution in [0.1, 0.15) is 35.1 Å². The van der Waals surface area contributed by atoms with Crippen LogP contribution in [0.5, 0.6) is 0 Å². The predicted molar refractivity (Wildman–Crippen MR) is 96.3 cm³/mol. The number of halogens is 1. The maximum Gasteiger partial charge on any atom is 0.361 e. The van der Waals surface area contributed by atoms with Crippen LogP contribution >= 0.6 is 19.2 Å². The summed E-state index contributed by atoms with van der Waals surface area (Å²) >= 11 is 6.42. The van der Waals surface area contributed by atoms with Crippen LogP contribution in [0, 0.1) is 0 Å². The van der Waals surface area contributed by atoms with Gasteiger partial charge in [0.15, 0.2) is 5.78 Å². The summed E-state index contributed by atoms with van der Waals surface area (Å²) in [5.74, 6) is -0.260. The van der Waals surface area contributed by atoms with Gasteiger partial charge in [0.25, 0.3) is 0 Å². The zero-order chi connectivity index (χ0) is 17.6. The van der Waals surface area contributed by atoms with Gasteiger partial charge >= 0.3 is 7.60 Å².